The Morgan fingerprint density at radius 2 is 1.84 bits per heavy atom. The lowest BCUT2D eigenvalue weighted by Crippen LogP contribution is -2.18. The lowest BCUT2D eigenvalue weighted by molar-refractivity contribution is 0.460. The van der Waals surface area contributed by atoms with Gasteiger partial charge in [-0.2, -0.15) is 0 Å². The number of hydrogen-bond acceptors (Lipinski definition) is 2. The van der Waals surface area contributed by atoms with E-state index in [9.17, 15) is 5.11 Å². The largest absolute Gasteiger partial charge is 0.508 e. The van der Waals surface area contributed by atoms with Gasteiger partial charge in [0.2, 0.25) is 0 Å². The molecule has 0 amide bonds. The fourth-order valence-electron chi connectivity index (χ4n) is 1.85. The molecule has 0 bridgehead atoms. The van der Waals surface area contributed by atoms with Crippen LogP contribution in [0.5, 0.6) is 5.75 Å². The molecule has 0 unspecified atom stereocenters. The molecule has 0 aliphatic rings. The first kappa shape index (κ1) is 14.2. The third kappa shape index (κ3) is 3.87. The summed E-state index contributed by atoms with van der Waals surface area (Å²) >= 11 is 11.9. The molecule has 0 saturated carbocycles. The monoisotopic (exact) mass is 295 g/mol. The van der Waals surface area contributed by atoms with E-state index in [4.69, 9.17) is 23.2 Å². The molecule has 0 aliphatic heterocycles. The highest BCUT2D eigenvalue weighted by Crippen LogP contribution is 2.23. The highest BCUT2D eigenvalue weighted by molar-refractivity contribution is 6.30. The smallest absolute Gasteiger partial charge is 0.120 e. The fourth-order valence-corrected chi connectivity index (χ4v) is 2.25. The van der Waals surface area contributed by atoms with Crippen LogP contribution >= 0.6 is 23.2 Å². The van der Waals surface area contributed by atoms with Crippen molar-refractivity contribution in [3.8, 4) is 5.75 Å². The Labute approximate surface area is 123 Å². The lowest BCUT2D eigenvalue weighted by Gasteiger charge is -2.15. The molecule has 2 rings (SSSR count). The van der Waals surface area contributed by atoms with Crippen LogP contribution in [0, 0.1) is 0 Å². The highest BCUT2D eigenvalue weighted by atomic mass is 35.5. The number of hydrogen-bond donors (Lipinski definition) is 2. The van der Waals surface area contributed by atoms with E-state index in [1.165, 1.54) is 0 Å². The van der Waals surface area contributed by atoms with Crippen molar-refractivity contribution in [1.82, 2.24) is 5.32 Å². The van der Waals surface area contributed by atoms with Crippen molar-refractivity contribution in [3.63, 3.8) is 0 Å². The predicted molar refractivity (Wildman–Crippen MR) is 79.8 cm³/mol. The second kappa shape index (κ2) is 6.29. The maximum absolute atomic E-state index is 9.74. The molecule has 2 aromatic carbocycles. The zero-order chi connectivity index (χ0) is 13.8. The van der Waals surface area contributed by atoms with Crippen LogP contribution in [0.1, 0.15) is 24.1 Å². The molecule has 0 fully saturated rings. The van der Waals surface area contributed by atoms with Crippen LogP contribution in [0.15, 0.2) is 42.5 Å². The maximum Gasteiger partial charge on any atom is 0.120 e. The maximum atomic E-state index is 9.74. The zero-order valence-corrected chi connectivity index (χ0v) is 12.0. The summed E-state index contributed by atoms with van der Waals surface area (Å²) in [7, 11) is 0. The van der Waals surface area contributed by atoms with Crippen molar-refractivity contribution in [2.75, 3.05) is 0 Å². The Balaban J connectivity index is 2.04. The van der Waals surface area contributed by atoms with Gasteiger partial charge in [0.25, 0.3) is 0 Å². The van der Waals surface area contributed by atoms with E-state index in [-0.39, 0.29) is 11.8 Å². The molecule has 100 valence electrons. The summed E-state index contributed by atoms with van der Waals surface area (Å²) in [5.41, 5.74) is 1.88. The average Bonchev–Trinajstić information content (AvgIpc) is 2.39. The van der Waals surface area contributed by atoms with Gasteiger partial charge in [0.05, 0.1) is 0 Å². The van der Waals surface area contributed by atoms with Crippen molar-refractivity contribution in [2.24, 2.45) is 0 Å². The number of rotatable bonds is 4. The van der Waals surface area contributed by atoms with Gasteiger partial charge in [0, 0.05) is 28.2 Å². The van der Waals surface area contributed by atoms with Crippen molar-refractivity contribution in [2.45, 2.75) is 19.5 Å². The van der Waals surface area contributed by atoms with Crippen LogP contribution in [-0.2, 0) is 6.54 Å². The Morgan fingerprint density at radius 1 is 1.11 bits per heavy atom. The first-order valence-electron chi connectivity index (χ1n) is 6.02. The summed E-state index contributed by atoms with van der Waals surface area (Å²) in [5.74, 6) is 0.246. The fraction of sp³-hybridized carbons (Fsp3) is 0.200. The Kier molecular flexibility index (Phi) is 4.70. The molecular formula is C15H15Cl2NO. The van der Waals surface area contributed by atoms with Crippen LogP contribution in [-0.4, -0.2) is 5.11 Å². The molecule has 0 radical (unpaired) electrons. The number of phenols is 1. The molecule has 0 spiro atoms. The van der Waals surface area contributed by atoms with Crippen LogP contribution < -0.4 is 5.32 Å². The van der Waals surface area contributed by atoms with Crippen LogP contribution in [0.2, 0.25) is 10.0 Å². The van der Waals surface area contributed by atoms with Crippen molar-refractivity contribution in [3.05, 3.63) is 63.6 Å². The van der Waals surface area contributed by atoms with E-state index in [1.807, 2.05) is 31.2 Å². The minimum atomic E-state index is 0.136. The number of benzene rings is 2. The van der Waals surface area contributed by atoms with E-state index < -0.39 is 0 Å². The molecule has 2 nitrogen and oxygen atoms in total. The van der Waals surface area contributed by atoms with Gasteiger partial charge in [-0.1, -0.05) is 35.3 Å². The molecule has 2 N–H and O–H groups in total. The lowest BCUT2D eigenvalue weighted by atomic mass is 10.1. The van der Waals surface area contributed by atoms with Gasteiger partial charge in [0.1, 0.15) is 5.75 Å². The number of phenolic OH excluding ortho intramolecular Hbond substituents is 1. The van der Waals surface area contributed by atoms with Crippen molar-refractivity contribution < 1.29 is 5.11 Å². The normalized spacial score (nSPS) is 12.4. The number of halogens is 2. The zero-order valence-electron chi connectivity index (χ0n) is 10.5. The average molecular weight is 296 g/mol. The summed E-state index contributed by atoms with van der Waals surface area (Å²) in [6.45, 7) is 2.59. The van der Waals surface area contributed by atoms with Crippen molar-refractivity contribution in [1.29, 1.82) is 0 Å². The standard InChI is InChI=1S/C15H15Cl2NO/c1-10(11-3-2-4-13(16)7-11)18-9-12-8-14(17)5-6-15(12)19/h2-8,10,18-19H,9H2,1H3/t10-/m0/s1. The summed E-state index contributed by atoms with van der Waals surface area (Å²) in [4.78, 5) is 0. The van der Waals surface area contributed by atoms with Gasteiger partial charge < -0.3 is 10.4 Å². The molecular weight excluding hydrogens is 281 g/mol. The molecule has 0 aliphatic carbocycles. The number of aromatic hydroxyl groups is 1. The van der Waals surface area contributed by atoms with Gasteiger partial charge in [-0.3, -0.25) is 0 Å². The van der Waals surface area contributed by atoms with Gasteiger partial charge in [-0.25, -0.2) is 0 Å². The first-order valence-corrected chi connectivity index (χ1v) is 6.78. The third-order valence-corrected chi connectivity index (χ3v) is 3.46. The molecule has 0 aromatic heterocycles. The number of nitrogens with one attached hydrogen (secondary N) is 1. The summed E-state index contributed by atoms with van der Waals surface area (Å²) in [5, 5.41) is 14.4. The van der Waals surface area contributed by atoms with Gasteiger partial charge in [0.15, 0.2) is 0 Å². The summed E-state index contributed by atoms with van der Waals surface area (Å²) in [6, 6.07) is 12.9. The van der Waals surface area contributed by atoms with Crippen LogP contribution in [0.3, 0.4) is 0 Å². The minimum Gasteiger partial charge on any atom is -0.508 e. The second-order valence-corrected chi connectivity index (χ2v) is 5.30. The van der Waals surface area contributed by atoms with Crippen LogP contribution in [0.25, 0.3) is 0 Å². The summed E-state index contributed by atoms with van der Waals surface area (Å²) in [6.07, 6.45) is 0. The third-order valence-electron chi connectivity index (χ3n) is 2.99. The van der Waals surface area contributed by atoms with E-state index >= 15 is 0 Å². The highest BCUT2D eigenvalue weighted by Gasteiger charge is 2.07. The molecule has 4 heteroatoms. The van der Waals surface area contributed by atoms with Crippen molar-refractivity contribution >= 4 is 23.2 Å². The molecule has 19 heavy (non-hydrogen) atoms. The van der Waals surface area contributed by atoms with Gasteiger partial charge >= 0.3 is 0 Å². The topological polar surface area (TPSA) is 32.3 Å². The van der Waals surface area contributed by atoms with E-state index in [1.54, 1.807) is 18.2 Å². The Hall–Kier alpha value is -1.22. The SMILES string of the molecule is C[C@H](NCc1cc(Cl)ccc1O)c1cccc(Cl)c1. The molecule has 0 heterocycles. The first-order chi connectivity index (χ1) is 9.06. The minimum absolute atomic E-state index is 0.136. The van der Waals surface area contributed by atoms with Gasteiger partial charge in [-0.05, 0) is 42.8 Å². The summed E-state index contributed by atoms with van der Waals surface area (Å²) < 4.78 is 0. The predicted octanol–water partition coefficient (Wildman–Crippen LogP) is 4.55. The van der Waals surface area contributed by atoms with E-state index in [0.717, 1.165) is 16.1 Å². The second-order valence-electron chi connectivity index (χ2n) is 4.43. The van der Waals surface area contributed by atoms with E-state index in [2.05, 4.69) is 5.32 Å². The molecule has 0 saturated heterocycles. The van der Waals surface area contributed by atoms with E-state index in [0.29, 0.717) is 11.6 Å². The Bertz CT molecular complexity index is 572. The quantitative estimate of drug-likeness (QED) is 0.867. The molecule has 2 aromatic rings. The Morgan fingerprint density at radius 3 is 2.58 bits per heavy atom. The van der Waals surface area contributed by atoms with Gasteiger partial charge in [-0.15, -0.1) is 0 Å². The van der Waals surface area contributed by atoms with Crippen LogP contribution in [0.4, 0.5) is 0 Å². The molecule has 1 atom stereocenters.